The standard InChI is InChI=1S/C7H12ClO6P/c1-5(2)7(10)14-15(11,12)13-4-6(9)3-8/h6,9H,1,3-4H2,2H3,(H,11,12). The highest BCUT2D eigenvalue weighted by Crippen LogP contribution is 2.43. The summed E-state index contributed by atoms with van der Waals surface area (Å²) >= 11 is 5.21. The van der Waals surface area contributed by atoms with Gasteiger partial charge < -0.3 is 9.63 Å². The molecule has 2 N–H and O–H groups in total. The van der Waals surface area contributed by atoms with Crippen LogP contribution in [0, 0.1) is 0 Å². The Bertz CT molecular complexity index is 291. The first-order valence-electron chi connectivity index (χ1n) is 3.89. The molecule has 0 aliphatic carbocycles. The summed E-state index contributed by atoms with van der Waals surface area (Å²) in [7, 11) is -4.50. The number of aliphatic hydroxyl groups excluding tert-OH is 1. The molecule has 8 heteroatoms. The zero-order valence-corrected chi connectivity index (χ0v) is 9.70. The average Bonchev–Trinajstić information content (AvgIpc) is 2.13. The van der Waals surface area contributed by atoms with Gasteiger partial charge in [0, 0.05) is 5.57 Å². The van der Waals surface area contributed by atoms with Gasteiger partial charge in [0.25, 0.3) is 0 Å². The van der Waals surface area contributed by atoms with E-state index in [2.05, 4.69) is 15.6 Å². The molecule has 0 bridgehead atoms. The highest BCUT2D eigenvalue weighted by molar-refractivity contribution is 7.48. The first-order chi connectivity index (χ1) is 6.78. The summed E-state index contributed by atoms with van der Waals surface area (Å²) in [5, 5.41) is 8.92. The molecule has 0 aromatic rings. The molecule has 0 aliphatic heterocycles. The van der Waals surface area contributed by atoms with Crippen molar-refractivity contribution in [3.63, 3.8) is 0 Å². The average molecular weight is 259 g/mol. The first kappa shape index (κ1) is 14.6. The Kier molecular flexibility index (Phi) is 6.09. The highest BCUT2D eigenvalue weighted by atomic mass is 35.5. The van der Waals surface area contributed by atoms with Gasteiger partial charge in [-0.1, -0.05) is 6.58 Å². The van der Waals surface area contributed by atoms with Crippen molar-refractivity contribution in [1.29, 1.82) is 0 Å². The number of phosphoric acid groups is 1. The molecule has 0 fully saturated rings. The normalized spacial score (nSPS) is 16.5. The Morgan fingerprint density at radius 1 is 1.67 bits per heavy atom. The van der Waals surface area contributed by atoms with Gasteiger partial charge in [0.1, 0.15) is 0 Å². The predicted molar refractivity (Wildman–Crippen MR) is 53.4 cm³/mol. The van der Waals surface area contributed by atoms with Crippen LogP contribution in [0.15, 0.2) is 12.2 Å². The van der Waals surface area contributed by atoms with E-state index in [1.54, 1.807) is 0 Å². The topological polar surface area (TPSA) is 93.1 Å². The monoisotopic (exact) mass is 258 g/mol. The maximum atomic E-state index is 11.0. The molecular weight excluding hydrogens is 246 g/mol. The van der Waals surface area contributed by atoms with Gasteiger partial charge in [0.2, 0.25) is 0 Å². The lowest BCUT2D eigenvalue weighted by Crippen LogP contribution is -2.17. The number of aliphatic hydroxyl groups is 1. The Labute approximate surface area is 92.1 Å². The maximum absolute atomic E-state index is 11.0. The predicted octanol–water partition coefficient (Wildman–Crippen LogP) is 0.822. The summed E-state index contributed by atoms with van der Waals surface area (Å²) in [6.45, 7) is 4.03. The van der Waals surface area contributed by atoms with E-state index >= 15 is 0 Å². The number of alkyl halides is 1. The Morgan fingerprint density at radius 2 is 2.20 bits per heavy atom. The second kappa shape index (κ2) is 6.25. The lowest BCUT2D eigenvalue weighted by atomic mass is 10.4. The van der Waals surface area contributed by atoms with E-state index in [1.165, 1.54) is 6.92 Å². The van der Waals surface area contributed by atoms with Crippen LogP contribution in [0.2, 0.25) is 0 Å². The fraction of sp³-hybridized carbons (Fsp3) is 0.571. The smallest absolute Gasteiger partial charge is 0.389 e. The van der Waals surface area contributed by atoms with Crippen LogP contribution >= 0.6 is 19.4 Å². The molecule has 0 saturated carbocycles. The van der Waals surface area contributed by atoms with E-state index in [1.807, 2.05) is 0 Å². The van der Waals surface area contributed by atoms with E-state index in [4.69, 9.17) is 21.6 Å². The molecular formula is C7H12ClO6P. The van der Waals surface area contributed by atoms with Crippen molar-refractivity contribution >= 4 is 25.4 Å². The number of hydrogen-bond acceptors (Lipinski definition) is 5. The molecule has 0 aliphatic rings. The molecule has 0 saturated heterocycles. The van der Waals surface area contributed by atoms with Crippen LogP contribution in [0.3, 0.4) is 0 Å². The largest absolute Gasteiger partial charge is 0.529 e. The zero-order valence-electron chi connectivity index (χ0n) is 8.05. The third-order valence-electron chi connectivity index (χ3n) is 1.15. The molecule has 0 radical (unpaired) electrons. The van der Waals surface area contributed by atoms with Crippen LogP contribution in [0.5, 0.6) is 0 Å². The summed E-state index contributed by atoms with van der Waals surface area (Å²) < 4.78 is 19.4. The Morgan fingerprint density at radius 3 is 2.60 bits per heavy atom. The molecule has 6 nitrogen and oxygen atoms in total. The quantitative estimate of drug-likeness (QED) is 0.416. The number of phosphoric ester groups is 1. The molecule has 0 heterocycles. The van der Waals surface area contributed by atoms with Gasteiger partial charge in [-0.05, 0) is 6.92 Å². The lowest BCUT2D eigenvalue weighted by Gasteiger charge is -2.13. The third kappa shape index (κ3) is 6.65. The van der Waals surface area contributed by atoms with Crippen LogP contribution in [0.4, 0.5) is 0 Å². The summed E-state index contributed by atoms with van der Waals surface area (Å²) in [6, 6.07) is 0. The van der Waals surface area contributed by atoms with Crippen molar-refractivity contribution in [3.8, 4) is 0 Å². The molecule has 0 spiro atoms. The number of carbonyl (C=O) groups is 1. The molecule has 0 aromatic carbocycles. The van der Waals surface area contributed by atoms with Crippen molar-refractivity contribution in [2.75, 3.05) is 12.5 Å². The van der Waals surface area contributed by atoms with Crippen molar-refractivity contribution in [2.24, 2.45) is 0 Å². The minimum absolute atomic E-state index is 0.0363. The minimum Gasteiger partial charge on any atom is -0.389 e. The van der Waals surface area contributed by atoms with Gasteiger partial charge in [-0.25, -0.2) is 9.36 Å². The van der Waals surface area contributed by atoms with Crippen molar-refractivity contribution in [2.45, 2.75) is 13.0 Å². The molecule has 0 amide bonds. The van der Waals surface area contributed by atoms with Crippen LogP contribution in [0.1, 0.15) is 6.92 Å². The van der Waals surface area contributed by atoms with Crippen LogP contribution < -0.4 is 0 Å². The maximum Gasteiger partial charge on any atom is 0.529 e. The third-order valence-corrected chi connectivity index (χ3v) is 2.38. The Hall–Kier alpha value is -0.390. The van der Waals surface area contributed by atoms with Crippen LogP contribution in [-0.4, -0.2) is 34.6 Å². The summed E-state index contributed by atoms with van der Waals surface area (Å²) in [5.74, 6) is -1.20. The number of carbonyl (C=O) groups excluding carboxylic acids is 1. The summed E-state index contributed by atoms with van der Waals surface area (Å²) in [5.41, 5.74) is -0.0363. The first-order valence-corrected chi connectivity index (χ1v) is 5.92. The second-order valence-electron chi connectivity index (χ2n) is 2.73. The van der Waals surface area contributed by atoms with E-state index in [0.717, 1.165) is 0 Å². The van der Waals surface area contributed by atoms with Gasteiger partial charge in [-0.2, -0.15) is 0 Å². The van der Waals surface area contributed by atoms with Crippen molar-refractivity contribution in [1.82, 2.24) is 0 Å². The summed E-state index contributed by atoms with van der Waals surface area (Å²) in [4.78, 5) is 19.8. The fourth-order valence-electron chi connectivity index (χ4n) is 0.434. The lowest BCUT2D eigenvalue weighted by molar-refractivity contribution is -0.131. The number of halogens is 1. The van der Waals surface area contributed by atoms with E-state index in [0.29, 0.717) is 0 Å². The number of hydrogen-bond donors (Lipinski definition) is 2. The molecule has 0 rings (SSSR count). The Balaban J connectivity index is 4.14. The number of rotatable bonds is 6. The van der Waals surface area contributed by atoms with Gasteiger partial charge in [0.15, 0.2) is 0 Å². The molecule has 2 atom stereocenters. The van der Waals surface area contributed by atoms with Gasteiger partial charge in [0.05, 0.1) is 18.6 Å². The molecule has 0 aromatic heterocycles. The van der Waals surface area contributed by atoms with Crippen LogP contribution in [-0.2, 0) is 18.4 Å². The van der Waals surface area contributed by atoms with E-state index < -0.39 is 26.5 Å². The van der Waals surface area contributed by atoms with Gasteiger partial charge in [-0.3, -0.25) is 9.42 Å². The second-order valence-corrected chi connectivity index (χ2v) is 4.42. The van der Waals surface area contributed by atoms with Crippen LogP contribution in [0.25, 0.3) is 0 Å². The van der Waals surface area contributed by atoms with Gasteiger partial charge in [-0.15, -0.1) is 11.6 Å². The van der Waals surface area contributed by atoms with E-state index in [-0.39, 0.29) is 11.5 Å². The van der Waals surface area contributed by atoms with Crippen molar-refractivity contribution < 1.29 is 28.4 Å². The SMILES string of the molecule is C=C(C)C(=O)OP(=O)(O)OCC(O)CCl. The molecule has 88 valence electrons. The minimum atomic E-state index is -4.50. The summed E-state index contributed by atoms with van der Waals surface area (Å²) in [6.07, 6.45) is -1.10. The molecule has 15 heavy (non-hydrogen) atoms. The zero-order chi connectivity index (χ0) is 12.1. The van der Waals surface area contributed by atoms with Crippen molar-refractivity contribution in [3.05, 3.63) is 12.2 Å². The van der Waals surface area contributed by atoms with E-state index in [9.17, 15) is 9.36 Å². The fourth-order valence-corrected chi connectivity index (χ4v) is 1.30. The molecule has 2 unspecified atom stereocenters. The highest BCUT2D eigenvalue weighted by Gasteiger charge is 2.27. The van der Waals surface area contributed by atoms with Gasteiger partial charge >= 0.3 is 13.8 Å².